The van der Waals surface area contributed by atoms with Crippen LogP contribution in [0.25, 0.3) is 22.6 Å². The molecule has 2 aromatic carbocycles. The van der Waals surface area contributed by atoms with Crippen molar-refractivity contribution >= 4 is 22.7 Å². The van der Waals surface area contributed by atoms with Crippen LogP contribution in [0.5, 0.6) is 0 Å². The largest absolute Gasteiger partial charge is 0.436 e. The molecule has 0 aliphatic carbocycles. The molecular weight excluding hydrogens is 240 g/mol. The third kappa shape index (κ3) is 1.53. The van der Waals surface area contributed by atoms with Crippen molar-refractivity contribution in [2.24, 2.45) is 0 Å². The summed E-state index contributed by atoms with van der Waals surface area (Å²) in [6, 6.07) is 13.5. The predicted molar refractivity (Wildman–Crippen MR) is 71.8 cm³/mol. The van der Waals surface area contributed by atoms with Gasteiger partial charge in [0.1, 0.15) is 5.52 Å². The van der Waals surface area contributed by atoms with Gasteiger partial charge in [-0.25, -0.2) is 4.98 Å². The van der Waals surface area contributed by atoms with Crippen LogP contribution in [-0.2, 0) is 11.2 Å². The molecule has 1 aromatic heterocycles. The maximum Gasteiger partial charge on any atom is 0.228 e. The highest BCUT2D eigenvalue weighted by Crippen LogP contribution is 2.33. The van der Waals surface area contributed by atoms with E-state index < -0.39 is 0 Å². The van der Waals surface area contributed by atoms with Crippen molar-refractivity contribution in [1.29, 1.82) is 0 Å². The zero-order valence-electron chi connectivity index (χ0n) is 10.0. The van der Waals surface area contributed by atoms with Gasteiger partial charge in [0, 0.05) is 16.8 Å². The molecule has 0 unspecified atom stereocenters. The minimum atomic E-state index is 0.00626. The Morgan fingerprint density at radius 3 is 2.79 bits per heavy atom. The van der Waals surface area contributed by atoms with Gasteiger partial charge in [-0.1, -0.05) is 18.2 Å². The molecule has 0 fully saturated rings. The molecular formula is C15H10N2O2. The van der Waals surface area contributed by atoms with Gasteiger partial charge in [0.15, 0.2) is 5.58 Å². The second kappa shape index (κ2) is 3.68. The lowest BCUT2D eigenvalue weighted by Gasteiger charge is -1.95. The first-order valence-electron chi connectivity index (χ1n) is 6.09. The van der Waals surface area contributed by atoms with Crippen LogP contribution < -0.4 is 5.32 Å². The van der Waals surface area contributed by atoms with E-state index in [1.807, 2.05) is 42.5 Å². The molecule has 1 amide bonds. The summed E-state index contributed by atoms with van der Waals surface area (Å²) in [5.74, 6) is 0.593. The summed E-state index contributed by atoms with van der Waals surface area (Å²) in [4.78, 5) is 16.0. The molecule has 0 saturated carbocycles. The third-order valence-electron chi connectivity index (χ3n) is 3.30. The molecule has 2 heterocycles. The summed E-state index contributed by atoms with van der Waals surface area (Å²) in [6.07, 6.45) is 0.368. The standard InChI is InChI=1S/C15H10N2O2/c18-13-8-10-11(16-13)6-7-12-14(10)17-15(19-12)9-4-2-1-3-5-9/h1-7H,8H2,(H,16,18). The van der Waals surface area contributed by atoms with Gasteiger partial charge >= 0.3 is 0 Å². The van der Waals surface area contributed by atoms with E-state index in [1.165, 1.54) is 0 Å². The fraction of sp³-hybridized carbons (Fsp3) is 0.0667. The average molecular weight is 250 g/mol. The summed E-state index contributed by atoms with van der Waals surface area (Å²) in [5.41, 5.74) is 4.19. The summed E-state index contributed by atoms with van der Waals surface area (Å²) >= 11 is 0. The van der Waals surface area contributed by atoms with E-state index >= 15 is 0 Å². The number of fused-ring (bicyclic) bond motifs is 3. The molecule has 0 radical (unpaired) electrons. The lowest BCUT2D eigenvalue weighted by Crippen LogP contribution is -2.03. The van der Waals surface area contributed by atoms with Crippen molar-refractivity contribution in [1.82, 2.24) is 4.98 Å². The topological polar surface area (TPSA) is 55.1 Å². The van der Waals surface area contributed by atoms with E-state index in [-0.39, 0.29) is 5.91 Å². The fourth-order valence-corrected chi connectivity index (χ4v) is 2.40. The minimum absolute atomic E-state index is 0.00626. The van der Waals surface area contributed by atoms with Crippen molar-refractivity contribution < 1.29 is 9.21 Å². The van der Waals surface area contributed by atoms with Crippen LogP contribution in [0.3, 0.4) is 0 Å². The number of hydrogen-bond acceptors (Lipinski definition) is 3. The highest BCUT2D eigenvalue weighted by Gasteiger charge is 2.23. The Kier molecular flexibility index (Phi) is 2.00. The molecule has 4 nitrogen and oxygen atoms in total. The zero-order chi connectivity index (χ0) is 12.8. The summed E-state index contributed by atoms with van der Waals surface area (Å²) in [7, 11) is 0. The number of carbonyl (C=O) groups excluding carboxylic acids is 1. The molecule has 4 heteroatoms. The third-order valence-corrected chi connectivity index (χ3v) is 3.30. The van der Waals surface area contributed by atoms with Crippen LogP contribution in [-0.4, -0.2) is 10.9 Å². The molecule has 1 aliphatic rings. The molecule has 19 heavy (non-hydrogen) atoms. The van der Waals surface area contributed by atoms with Gasteiger partial charge in [-0.3, -0.25) is 4.79 Å². The van der Waals surface area contributed by atoms with Crippen molar-refractivity contribution in [2.45, 2.75) is 6.42 Å². The monoisotopic (exact) mass is 250 g/mol. The number of hydrogen-bond donors (Lipinski definition) is 1. The summed E-state index contributed by atoms with van der Waals surface area (Å²) in [5, 5.41) is 2.82. The average Bonchev–Trinajstić information content (AvgIpc) is 3.01. The molecule has 3 aromatic rings. The van der Waals surface area contributed by atoms with E-state index in [0.717, 1.165) is 22.3 Å². The van der Waals surface area contributed by atoms with Gasteiger partial charge in [-0.2, -0.15) is 0 Å². The Morgan fingerprint density at radius 1 is 1.11 bits per heavy atom. The lowest BCUT2D eigenvalue weighted by atomic mass is 10.1. The quantitative estimate of drug-likeness (QED) is 0.722. The van der Waals surface area contributed by atoms with E-state index in [0.29, 0.717) is 17.9 Å². The maximum absolute atomic E-state index is 11.5. The number of nitrogens with zero attached hydrogens (tertiary/aromatic N) is 1. The van der Waals surface area contributed by atoms with Crippen molar-refractivity contribution in [3.05, 3.63) is 48.0 Å². The number of aromatic nitrogens is 1. The number of anilines is 1. The first-order chi connectivity index (χ1) is 9.31. The Bertz CT molecular complexity index is 791. The number of amides is 1. The van der Waals surface area contributed by atoms with Crippen LogP contribution in [0.2, 0.25) is 0 Å². The smallest absolute Gasteiger partial charge is 0.228 e. The van der Waals surface area contributed by atoms with Gasteiger partial charge in [0.2, 0.25) is 11.8 Å². The number of carbonyl (C=O) groups is 1. The Morgan fingerprint density at radius 2 is 1.95 bits per heavy atom. The molecule has 4 rings (SSSR count). The van der Waals surface area contributed by atoms with E-state index in [2.05, 4.69) is 10.3 Å². The van der Waals surface area contributed by atoms with Crippen LogP contribution >= 0.6 is 0 Å². The van der Waals surface area contributed by atoms with Crippen LogP contribution in [0.4, 0.5) is 5.69 Å². The first-order valence-corrected chi connectivity index (χ1v) is 6.09. The van der Waals surface area contributed by atoms with E-state index in [4.69, 9.17) is 4.42 Å². The minimum Gasteiger partial charge on any atom is -0.436 e. The van der Waals surface area contributed by atoms with Crippen LogP contribution in [0.1, 0.15) is 5.56 Å². The van der Waals surface area contributed by atoms with Gasteiger partial charge < -0.3 is 9.73 Å². The summed E-state index contributed by atoms with van der Waals surface area (Å²) < 4.78 is 5.76. The lowest BCUT2D eigenvalue weighted by molar-refractivity contribution is -0.115. The highest BCUT2D eigenvalue weighted by atomic mass is 16.3. The van der Waals surface area contributed by atoms with E-state index in [1.54, 1.807) is 0 Å². The van der Waals surface area contributed by atoms with Gasteiger partial charge in [0.25, 0.3) is 0 Å². The Hall–Kier alpha value is -2.62. The van der Waals surface area contributed by atoms with Gasteiger partial charge in [-0.05, 0) is 24.3 Å². The molecule has 0 atom stereocenters. The first kappa shape index (κ1) is 10.3. The molecule has 1 N–H and O–H groups in total. The normalized spacial score (nSPS) is 13.6. The van der Waals surface area contributed by atoms with E-state index in [9.17, 15) is 4.79 Å². The fourth-order valence-electron chi connectivity index (χ4n) is 2.40. The number of benzene rings is 2. The molecule has 0 bridgehead atoms. The van der Waals surface area contributed by atoms with Crippen molar-refractivity contribution in [2.75, 3.05) is 5.32 Å². The van der Waals surface area contributed by atoms with Crippen LogP contribution in [0, 0.1) is 0 Å². The number of rotatable bonds is 1. The van der Waals surface area contributed by atoms with Gasteiger partial charge in [-0.15, -0.1) is 0 Å². The molecule has 92 valence electrons. The van der Waals surface area contributed by atoms with Crippen molar-refractivity contribution in [3.8, 4) is 11.5 Å². The van der Waals surface area contributed by atoms with Crippen LogP contribution in [0.15, 0.2) is 46.9 Å². The van der Waals surface area contributed by atoms with Gasteiger partial charge in [0.05, 0.1) is 6.42 Å². The maximum atomic E-state index is 11.5. The molecule has 1 aliphatic heterocycles. The zero-order valence-corrected chi connectivity index (χ0v) is 10.0. The second-order valence-corrected chi connectivity index (χ2v) is 4.55. The summed E-state index contributed by atoms with van der Waals surface area (Å²) in [6.45, 7) is 0. The predicted octanol–water partition coefficient (Wildman–Crippen LogP) is 2.99. The molecule has 0 saturated heterocycles. The highest BCUT2D eigenvalue weighted by molar-refractivity contribution is 6.04. The Labute approximate surface area is 109 Å². The molecule has 0 spiro atoms. The number of oxazole rings is 1. The Balaban J connectivity index is 1.94. The van der Waals surface area contributed by atoms with Crippen molar-refractivity contribution in [3.63, 3.8) is 0 Å². The second-order valence-electron chi connectivity index (χ2n) is 4.55. The SMILES string of the molecule is O=C1Cc2c(ccc3oc(-c4ccccc4)nc23)N1. The number of nitrogens with one attached hydrogen (secondary N) is 1.